The van der Waals surface area contributed by atoms with Crippen LogP contribution in [0.5, 0.6) is 5.75 Å². The zero-order valence-corrected chi connectivity index (χ0v) is 16.5. The number of aliphatic hydroxyl groups is 1. The molecule has 0 unspecified atom stereocenters. The second kappa shape index (κ2) is 7.20. The van der Waals surface area contributed by atoms with Gasteiger partial charge in [-0.2, -0.15) is 0 Å². The molecule has 6 nitrogen and oxygen atoms in total. The first kappa shape index (κ1) is 20.3. The highest BCUT2D eigenvalue weighted by Crippen LogP contribution is 2.52. The Kier molecular flexibility index (Phi) is 5.23. The van der Waals surface area contributed by atoms with E-state index in [0.717, 1.165) is 7.11 Å². The van der Waals surface area contributed by atoms with E-state index in [-0.39, 0.29) is 18.0 Å². The number of Topliss-reactive ketones (excluding diaryl/α,β-unsaturated/α-hetero) is 1. The number of methoxy groups -OCH3 is 2. The van der Waals surface area contributed by atoms with Crippen molar-refractivity contribution in [3.8, 4) is 5.75 Å². The quantitative estimate of drug-likeness (QED) is 0.794. The molecule has 7 heteroatoms. The van der Waals surface area contributed by atoms with E-state index in [1.165, 1.54) is 7.11 Å². The minimum absolute atomic E-state index is 0.179. The van der Waals surface area contributed by atoms with Gasteiger partial charge in [0.1, 0.15) is 17.4 Å². The molecule has 0 saturated heterocycles. The molecule has 3 atom stereocenters. The molecule has 2 aliphatic rings. The number of esters is 1. The van der Waals surface area contributed by atoms with E-state index in [0.29, 0.717) is 23.3 Å². The Labute approximate surface area is 163 Å². The fourth-order valence-corrected chi connectivity index (χ4v) is 4.15. The number of rotatable bonds is 4. The molecule has 152 valence electrons. The first-order valence-electron chi connectivity index (χ1n) is 9.11. The molecule has 3 rings (SSSR count). The van der Waals surface area contributed by atoms with Crippen LogP contribution in [-0.2, 0) is 19.1 Å². The van der Waals surface area contributed by atoms with E-state index in [1.807, 2.05) is 13.8 Å². The molecule has 0 aromatic heterocycles. The third-order valence-corrected chi connectivity index (χ3v) is 5.43. The Morgan fingerprint density at radius 3 is 2.43 bits per heavy atom. The number of allylic oxidation sites excluding steroid dienone is 2. The lowest BCUT2D eigenvalue weighted by Gasteiger charge is -2.46. The fraction of sp³-hybridized carbons (Fsp3) is 0.524. The van der Waals surface area contributed by atoms with Gasteiger partial charge in [-0.1, -0.05) is 26.0 Å². The van der Waals surface area contributed by atoms with Crippen molar-refractivity contribution in [3.63, 3.8) is 0 Å². The molecule has 0 amide bonds. The zero-order valence-electron chi connectivity index (χ0n) is 16.5. The van der Waals surface area contributed by atoms with Gasteiger partial charge in [-0.15, -0.1) is 0 Å². The lowest BCUT2D eigenvalue weighted by Crippen LogP contribution is -2.54. The monoisotopic (exact) mass is 392 g/mol. The maximum absolute atomic E-state index is 14.0. The Morgan fingerprint density at radius 1 is 1.25 bits per heavy atom. The van der Waals surface area contributed by atoms with Crippen LogP contribution in [0, 0.1) is 11.3 Å². The highest BCUT2D eigenvalue weighted by atomic mass is 19.1. The molecule has 0 bridgehead atoms. The number of ether oxygens (including phenoxy) is 3. The van der Waals surface area contributed by atoms with Crippen LogP contribution in [0.15, 0.2) is 35.6 Å². The van der Waals surface area contributed by atoms with E-state index < -0.39 is 35.7 Å². The lowest BCUT2D eigenvalue weighted by molar-refractivity contribution is -0.242. The van der Waals surface area contributed by atoms with E-state index in [2.05, 4.69) is 0 Å². The van der Waals surface area contributed by atoms with Crippen LogP contribution in [0.1, 0.15) is 38.2 Å². The molecule has 0 spiro atoms. The predicted molar refractivity (Wildman–Crippen MR) is 98.3 cm³/mol. The van der Waals surface area contributed by atoms with Crippen LogP contribution < -0.4 is 4.74 Å². The van der Waals surface area contributed by atoms with Crippen molar-refractivity contribution in [1.29, 1.82) is 0 Å². The van der Waals surface area contributed by atoms with E-state index in [9.17, 15) is 19.1 Å². The Hall–Kier alpha value is -2.41. The number of carbonyl (C=O) groups excluding carboxylic acids is 2. The van der Waals surface area contributed by atoms with E-state index in [4.69, 9.17) is 14.2 Å². The maximum Gasteiger partial charge on any atom is 0.316 e. The van der Waals surface area contributed by atoms with Crippen molar-refractivity contribution in [2.24, 2.45) is 11.3 Å². The molecule has 28 heavy (non-hydrogen) atoms. The number of hydrogen-bond acceptors (Lipinski definition) is 6. The van der Waals surface area contributed by atoms with Gasteiger partial charge in [0.05, 0.1) is 14.2 Å². The van der Waals surface area contributed by atoms with Crippen molar-refractivity contribution in [2.75, 3.05) is 20.9 Å². The number of benzene rings is 1. The average Bonchev–Trinajstić information content (AvgIpc) is 2.65. The van der Waals surface area contributed by atoms with Crippen LogP contribution in [0.2, 0.25) is 0 Å². The van der Waals surface area contributed by atoms with E-state index in [1.54, 1.807) is 24.3 Å². The summed E-state index contributed by atoms with van der Waals surface area (Å²) < 4.78 is 29.5. The molecule has 1 aliphatic heterocycles. The Balaban J connectivity index is 2.22. The molecule has 1 heterocycles. The summed E-state index contributed by atoms with van der Waals surface area (Å²) in [5.41, 5.74) is 0.486. The summed E-state index contributed by atoms with van der Waals surface area (Å²) in [6.07, 6.45) is 0.626. The summed E-state index contributed by atoms with van der Waals surface area (Å²) in [4.78, 5) is 25.6. The van der Waals surface area contributed by atoms with Crippen LogP contribution in [0.25, 0.3) is 0 Å². The SMILES string of the molecule is COC(=O)[C@H]1[C@H](c2ccc(OC)cc2)C2=C(CC(C)(C)CC2=O)O[C@]1(O)CF. The van der Waals surface area contributed by atoms with Crippen LogP contribution in [0.4, 0.5) is 4.39 Å². The van der Waals surface area contributed by atoms with Gasteiger partial charge < -0.3 is 19.3 Å². The van der Waals surface area contributed by atoms with Gasteiger partial charge in [0, 0.05) is 24.3 Å². The molecule has 1 aromatic carbocycles. The van der Waals surface area contributed by atoms with Crippen molar-refractivity contribution < 1.29 is 33.3 Å². The Morgan fingerprint density at radius 2 is 1.89 bits per heavy atom. The van der Waals surface area contributed by atoms with Crippen molar-refractivity contribution in [2.45, 2.75) is 38.4 Å². The minimum Gasteiger partial charge on any atom is -0.497 e. The third kappa shape index (κ3) is 3.39. The smallest absolute Gasteiger partial charge is 0.316 e. The van der Waals surface area contributed by atoms with Gasteiger partial charge in [-0.25, -0.2) is 4.39 Å². The number of alkyl halides is 1. The summed E-state index contributed by atoms with van der Waals surface area (Å²) in [6, 6.07) is 6.76. The summed E-state index contributed by atoms with van der Waals surface area (Å²) in [6.45, 7) is 2.49. The summed E-state index contributed by atoms with van der Waals surface area (Å²) >= 11 is 0. The van der Waals surface area contributed by atoms with Crippen molar-refractivity contribution in [1.82, 2.24) is 0 Å². The summed E-state index contributed by atoms with van der Waals surface area (Å²) in [5, 5.41) is 10.9. The zero-order chi connectivity index (χ0) is 20.7. The molecular weight excluding hydrogens is 367 g/mol. The normalized spacial score (nSPS) is 29.0. The van der Waals surface area contributed by atoms with Crippen LogP contribution in [0.3, 0.4) is 0 Å². The van der Waals surface area contributed by atoms with Gasteiger partial charge in [-0.05, 0) is 23.1 Å². The second-order valence-corrected chi connectivity index (χ2v) is 8.11. The van der Waals surface area contributed by atoms with Crippen LogP contribution >= 0.6 is 0 Å². The summed E-state index contributed by atoms with van der Waals surface area (Å²) in [5.74, 6) is -4.90. The third-order valence-electron chi connectivity index (χ3n) is 5.43. The van der Waals surface area contributed by atoms with Gasteiger partial charge in [0.15, 0.2) is 12.5 Å². The minimum atomic E-state index is -2.41. The van der Waals surface area contributed by atoms with E-state index >= 15 is 0 Å². The Bertz CT molecular complexity index is 813. The molecule has 0 radical (unpaired) electrons. The van der Waals surface area contributed by atoms with Crippen molar-refractivity contribution >= 4 is 11.8 Å². The molecule has 1 aliphatic carbocycles. The molecule has 0 fully saturated rings. The molecular formula is C21H25FO6. The topological polar surface area (TPSA) is 82.1 Å². The number of carbonyl (C=O) groups is 2. The number of ketones is 1. The van der Waals surface area contributed by atoms with Gasteiger partial charge in [0.25, 0.3) is 5.79 Å². The highest BCUT2D eigenvalue weighted by Gasteiger charge is 2.58. The lowest BCUT2D eigenvalue weighted by atomic mass is 9.66. The fourth-order valence-electron chi connectivity index (χ4n) is 4.15. The largest absolute Gasteiger partial charge is 0.497 e. The maximum atomic E-state index is 14.0. The summed E-state index contributed by atoms with van der Waals surface area (Å²) in [7, 11) is 2.68. The number of hydrogen-bond donors (Lipinski definition) is 1. The van der Waals surface area contributed by atoms with Gasteiger partial charge >= 0.3 is 5.97 Å². The first-order valence-corrected chi connectivity index (χ1v) is 9.11. The molecule has 0 saturated carbocycles. The van der Waals surface area contributed by atoms with Crippen molar-refractivity contribution in [3.05, 3.63) is 41.2 Å². The van der Waals surface area contributed by atoms with Crippen LogP contribution in [-0.4, -0.2) is 43.5 Å². The first-order chi connectivity index (χ1) is 13.2. The standard InChI is InChI=1S/C21H25FO6/c1-20(2)9-14(23)17-15(10-20)28-21(25,11-22)18(19(24)27-4)16(17)12-5-7-13(26-3)8-6-12/h5-8,16,18,25H,9-11H2,1-4H3/t16-,18-,21-/m1/s1. The van der Waals surface area contributed by atoms with Gasteiger partial charge in [0.2, 0.25) is 0 Å². The highest BCUT2D eigenvalue weighted by molar-refractivity contribution is 6.00. The molecule has 1 aromatic rings. The number of halogens is 1. The van der Waals surface area contributed by atoms with Gasteiger partial charge in [-0.3, -0.25) is 9.59 Å². The second-order valence-electron chi connectivity index (χ2n) is 8.11. The predicted octanol–water partition coefficient (Wildman–Crippen LogP) is 2.90. The average molecular weight is 392 g/mol. The molecule has 1 N–H and O–H groups in total.